The summed E-state index contributed by atoms with van der Waals surface area (Å²) < 4.78 is 32.8. The van der Waals surface area contributed by atoms with E-state index in [1.54, 1.807) is 37.3 Å². The van der Waals surface area contributed by atoms with E-state index in [2.05, 4.69) is 10.0 Å². The summed E-state index contributed by atoms with van der Waals surface area (Å²) in [6.45, 7) is 4.42. The first-order valence-corrected chi connectivity index (χ1v) is 9.91. The van der Waals surface area contributed by atoms with Gasteiger partial charge in [0.2, 0.25) is 0 Å². The SMILES string of the molecule is CCCCNC(=O)c1ccc(C)c(NS(=O)(=O)c2ccc(OC)cc2)c1. The zero-order valence-corrected chi connectivity index (χ0v) is 16.0. The molecule has 0 unspecified atom stereocenters. The van der Waals surface area contributed by atoms with Gasteiger partial charge >= 0.3 is 0 Å². The van der Waals surface area contributed by atoms with Gasteiger partial charge < -0.3 is 10.1 Å². The molecule has 0 atom stereocenters. The van der Waals surface area contributed by atoms with Gasteiger partial charge in [0.1, 0.15) is 5.75 Å². The minimum Gasteiger partial charge on any atom is -0.497 e. The predicted molar refractivity (Wildman–Crippen MR) is 102 cm³/mol. The van der Waals surface area contributed by atoms with E-state index in [4.69, 9.17) is 4.74 Å². The monoisotopic (exact) mass is 376 g/mol. The molecule has 0 heterocycles. The fraction of sp³-hybridized carbons (Fsp3) is 0.316. The zero-order chi connectivity index (χ0) is 19.2. The fourth-order valence-electron chi connectivity index (χ4n) is 2.31. The quantitative estimate of drug-likeness (QED) is 0.692. The van der Waals surface area contributed by atoms with Crippen LogP contribution in [-0.2, 0) is 10.0 Å². The molecule has 0 bridgehead atoms. The topological polar surface area (TPSA) is 84.5 Å². The first-order valence-electron chi connectivity index (χ1n) is 8.43. The van der Waals surface area contributed by atoms with Gasteiger partial charge in [-0.1, -0.05) is 19.4 Å². The van der Waals surface area contributed by atoms with Gasteiger partial charge in [-0.25, -0.2) is 8.42 Å². The number of aryl methyl sites for hydroxylation is 1. The normalized spacial score (nSPS) is 11.0. The van der Waals surface area contributed by atoms with Gasteiger partial charge in [-0.05, 0) is 55.3 Å². The van der Waals surface area contributed by atoms with Gasteiger partial charge in [0.15, 0.2) is 0 Å². The Hall–Kier alpha value is -2.54. The van der Waals surface area contributed by atoms with Crippen LogP contribution in [0.3, 0.4) is 0 Å². The molecule has 140 valence electrons. The molecule has 0 aliphatic rings. The second-order valence-corrected chi connectivity index (χ2v) is 7.60. The van der Waals surface area contributed by atoms with Crippen LogP contribution in [0.25, 0.3) is 0 Å². The lowest BCUT2D eigenvalue weighted by atomic mass is 10.1. The van der Waals surface area contributed by atoms with Crippen molar-refractivity contribution in [1.29, 1.82) is 0 Å². The van der Waals surface area contributed by atoms with Crippen LogP contribution in [0.2, 0.25) is 0 Å². The number of carbonyl (C=O) groups excluding carboxylic acids is 1. The number of sulfonamides is 1. The Morgan fingerprint density at radius 2 is 1.81 bits per heavy atom. The highest BCUT2D eigenvalue weighted by molar-refractivity contribution is 7.92. The van der Waals surface area contributed by atoms with Crippen molar-refractivity contribution in [2.45, 2.75) is 31.6 Å². The summed E-state index contributed by atoms with van der Waals surface area (Å²) in [5, 5.41) is 2.82. The van der Waals surface area contributed by atoms with Crippen molar-refractivity contribution in [1.82, 2.24) is 5.32 Å². The Balaban J connectivity index is 2.21. The lowest BCUT2D eigenvalue weighted by molar-refractivity contribution is 0.0953. The number of carbonyl (C=O) groups is 1. The second-order valence-electron chi connectivity index (χ2n) is 5.92. The molecule has 0 aliphatic heterocycles. The van der Waals surface area contributed by atoms with E-state index in [0.29, 0.717) is 23.5 Å². The molecule has 7 heteroatoms. The first kappa shape index (κ1) is 19.8. The summed E-state index contributed by atoms with van der Waals surface area (Å²) in [5.41, 5.74) is 1.52. The van der Waals surface area contributed by atoms with Crippen LogP contribution in [0.5, 0.6) is 5.75 Å². The minimum atomic E-state index is -3.76. The molecule has 0 radical (unpaired) electrons. The molecular formula is C19H24N2O4S. The number of methoxy groups -OCH3 is 1. The van der Waals surface area contributed by atoms with Crippen molar-refractivity contribution >= 4 is 21.6 Å². The van der Waals surface area contributed by atoms with Gasteiger partial charge in [0, 0.05) is 12.1 Å². The summed E-state index contributed by atoms with van der Waals surface area (Å²) in [4.78, 5) is 12.3. The van der Waals surface area contributed by atoms with Crippen molar-refractivity contribution < 1.29 is 17.9 Å². The van der Waals surface area contributed by atoms with Crippen molar-refractivity contribution in [2.24, 2.45) is 0 Å². The number of anilines is 1. The maximum atomic E-state index is 12.6. The highest BCUT2D eigenvalue weighted by Gasteiger charge is 2.16. The number of ether oxygens (including phenoxy) is 1. The number of amides is 1. The molecule has 1 amide bonds. The largest absolute Gasteiger partial charge is 0.497 e. The average Bonchev–Trinajstić information content (AvgIpc) is 2.63. The molecule has 2 aromatic rings. The Bertz CT molecular complexity index is 862. The van der Waals surface area contributed by atoms with E-state index in [9.17, 15) is 13.2 Å². The summed E-state index contributed by atoms with van der Waals surface area (Å²) in [6.07, 6.45) is 1.88. The van der Waals surface area contributed by atoms with Crippen molar-refractivity contribution in [3.05, 3.63) is 53.6 Å². The molecule has 0 aliphatic carbocycles. The number of hydrogen-bond acceptors (Lipinski definition) is 4. The summed E-state index contributed by atoms with van der Waals surface area (Å²) >= 11 is 0. The third kappa shape index (κ3) is 4.98. The molecule has 0 aromatic heterocycles. The Morgan fingerprint density at radius 1 is 1.12 bits per heavy atom. The van der Waals surface area contributed by atoms with E-state index in [-0.39, 0.29) is 10.8 Å². The van der Waals surface area contributed by atoms with E-state index in [1.165, 1.54) is 19.2 Å². The molecule has 6 nitrogen and oxygen atoms in total. The van der Waals surface area contributed by atoms with Crippen LogP contribution < -0.4 is 14.8 Å². The average molecular weight is 376 g/mol. The Labute approximate surface area is 154 Å². The van der Waals surface area contributed by atoms with Crippen molar-refractivity contribution in [2.75, 3.05) is 18.4 Å². The predicted octanol–water partition coefficient (Wildman–Crippen LogP) is 3.33. The lowest BCUT2D eigenvalue weighted by Gasteiger charge is -2.13. The second kappa shape index (κ2) is 8.71. The number of nitrogens with one attached hydrogen (secondary N) is 2. The van der Waals surface area contributed by atoms with E-state index >= 15 is 0 Å². The molecular weight excluding hydrogens is 352 g/mol. The van der Waals surface area contributed by atoms with Gasteiger partial charge in [-0.2, -0.15) is 0 Å². The minimum absolute atomic E-state index is 0.121. The summed E-state index contributed by atoms with van der Waals surface area (Å²) in [5.74, 6) is 0.356. The van der Waals surface area contributed by atoms with Crippen molar-refractivity contribution in [3.63, 3.8) is 0 Å². The number of rotatable bonds is 8. The Kier molecular flexibility index (Phi) is 6.63. The Morgan fingerprint density at radius 3 is 2.42 bits per heavy atom. The van der Waals surface area contributed by atoms with Gasteiger partial charge in [-0.15, -0.1) is 0 Å². The van der Waals surface area contributed by atoms with E-state index in [1.807, 2.05) is 6.92 Å². The molecule has 2 rings (SSSR count). The summed E-state index contributed by atoms with van der Waals surface area (Å²) in [6, 6.07) is 11.1. The number of hydrogen-bond donors (Lipinski definition) is 2. The summed E-state index contributed by atoms with van der Waals surface area (Å²) in [7, 11) is -2.25. The third-order valence-electron chi connectivity index (χ3n) is 3.93. The van der Waals surface area contributed by atoms with Crippen LogP contribution in [0.15, 0.2) is 47.4 Å². The molecule has 0 saturated heterocycles. The maximum Gasteiger partial charge on any atom is 0.261 e. The van der Waals surface area contributed by atoms with Crippen molar-refractivity contribution in [3.8, 4) is 5.75 Å². The third-order valence-corrected chi connectivity index (χ3v) is 5.31. The van der Waals surface area contributed by atoms with E-state index in [0.717, 1.165) is 18.4 Å². The molecule has 0 fully saturated rings. The van der Waals surface area contributed by atoms with Crippen LogP contribution in [0.1, 0.15) is 35.7 Å². The van der Waals surface area contributed by atoms with Gasteiger partial charge in [0.05, 0.1) is 17.7 Å². The molecule has 0 spiro atoms. The first-order chi connectivity index (χ1) is 12.4. The molecule has 0 saturated carbocycles. The standard InChI is InChI=1S/C19H24N2O4S/c1-4-5-12-20-19(22)15-7-6-14(2)18(13-15)21-26(23,24)17-10-8-16(25-3)9-11-17/h6-11,13,21H,4-5,12H2,1-3H3,(H,20,22). The van der Waals surface area contributed by atoms with Crippen LogP contribution >= 0.6 is 0 Å². The molecule has 2 aromatic carbocycles. The highest BCUT2D eigenvalue weighted by Crippen LogP contribution is 2.22. The molecule has 2 N–H and O–H groups in total. The zero-order valence-electron chi connectivity index (χ0n) is 15.2. The number of unbranched alkanes of at least 4 members (excludes halogenated alkanes) is 1. The fourth-order valence-corrected chi connectivity index (χ4v) is 3.43. The van der Waals surface area contributed by atoms with Gasteiger partial charge in [-0.3, -0.25) is 9.52 Å². The van der Waals surface area contributed by atoms with Gasteiger partial charge in [0.25, 0.3) is 15.9 Å². The number of benzene rings is 2. The lowest BCUT2D eigenvalue weighted by Crippen LogP contribution is -2.24. The van der Waals surface area contributed by atoms with Crippen LogP contribution in [0.4, 0.5) is 5.69 Å². The van der Waals surface area contributed by atoms with Crippen LogP contribution in [0, 0.1) is 6.92 Å². The smallest absolute Gasteiger partial charge is 0.261 e. The van der Waals surface area contributed by atoms with Crippen LogP contribution in [-0.4, -0.2) is 28.0 Å². The van der Waals surface area contributed by atoms with E-state index < -0.39 is 10.0 Å². The highest BCUT2D eigenvalue weighted by atomic mass is 32.2. The maximum absolute atomic E-state index is 12.6. The molecule has 26 heavy (non-hydrogen) atoms.